The van der Waals surface area contributed by atoms with E-state index in [1.165, 1.54) is 12.1 Å². The summed E-state index contributed by atoms with van der Waals surface area (Å²) in [6.07, 6.45) is 3.74. The number of amides is 1. The molecule has 0 saturated heterocycles. The van der Waals surface area contributed by atoms with Crippen molar-refractivity contribution in [3.05, 3.63) is 35.6 Å². The molecule has 1 aromatic rings. The highest BCUT2D eigenvalue weighted by molar-refractivity contribution is 5.79. The van der Waals surface area contributed by atoms with Gasteiger partial charge in [-0.15, -0.1) is 0 Å². The molecule has 0 aromatic heterocycles. The second-order valence-corrected chi connectivity index (χ2v) is 6.81. The van der Waals surface area contributed by atoms with E-state index < -0.39 is 0 Å². The lowest BCUT2D eigenvalue weighted by atomic mass is 9.85. The van der Waals surface area contributed by atoms with Crippen LogP contribution in [0.5, 0.6) is 0 Å². The number of likely N-dealkylation sites (N-methyl/N-ethyl adjacent to an activating group) is 1. The zero-order chi connectivity index (χ0) is 16.8. The fraction of sp³-hybridized carbons (Fsp3) is 0.611. The van der Waals surface area contributed by atoms with E-state index in [4.69, 9.17) is 5.73 Å². The number of hydrogen-bond acceptors (Lipinski definition) is 3. The van der Waals surface area contributed by atoms with Crippen molar-refractivity contribution in [2.24, 2.45) is 11.7 Å². The van der Waals surface area contributed by atoms with Gasteiger partial charge in [0, 0.05) is 31.6 Å². The minimum atomic E-state index is -0.252. The van der Waals surface area contributed by atoms with Crippen LogP contribution in [0.3, 0.4) is 0 Å². The SMILES string of the molecule is CN(C)CCN(Cc1ccc(F)cc1)C(=O)[C@@H]1CCC[C@H](N)C1. The second-order valence-electron chi connectivity index (χ2n) is 6.81. The van der Waals surface area contributed by atoms with Gasteiger partial charge >= 0.3 is 0 Å². The summed E-state index contributed by atoms with van der Waals surface area (Å²) in [5, 5.41) is 0. The van der Waals surface area contributed by atoms with Crippen molar-refractivity contribution in [3.63, 3.8) is 0 Å². The van der Waals surface area contributed by atoms with Crippen molar-refractivity contribution < 1.29 is 9.18 Å². The second kappa shape index (κ2) is 8.41. The quantitative estimate of drug-likeness (QED) is 0.874. The Morgan fingerprint density at radius 1 is 1.22 bits per heavy atom. The fourth-order valence-electron chi connectivity index (χ4n) is 3.11. The molecule has 128 valence electrons. The molecule has 0 heterocycles. The van der Waals surface area contributed by atoms with E-state index in [2.05, 4.69) is 4.90 Å². The van der Waals surface area contributed by atoms with Crippen molar-refractivity contribution in [1.82, 2.24) is 9.80 Å². The Balaban J connectivity index is 2.05. The Labute approximate surface area is 138 Å². The lowest BCUT2D eigenvalue weighted by Gasteiger charge is -2.32. The first-order valence-corrected chi connectivity index (χ1v) is 8.39. The van der Waals surface area contributed by atoms with E-state index in [-0.39, 0.29) is 23.7 Å². The maximum atomic E-state index is 13.1. The molecular formula is C18H28FN3O. The van der Waals surface area contributed by atoms with Gasteiger partial charge in [-0.1, -0.05) is 18.6 Å². The van der Waals surface area contributed by atoms with Gasteiger partial charge in [-0.05, 0) is 51.1 Å². The Kier molecular flexibility index (Phi) is 6.54. The molecule has 4 nitrogen and oxygen atoms in total. The monoisotopic (exact) mass is 321 g/mol. The highest BCUT2D eigenvalue weighted by atomic mass is 19.1. The topological polar surface area (TPSA) is 49.6 Å². The number of rotatable bonds is 6. The first-order chi connectivity index (χ1) is 11.0. The summed E-state index contributed by atoms with van der Waals surface area (Å²) < 4.78 is 13.1. The van der Waals surface area contributed by atoms with Gasteiger partial charge in [0.1, 0.15) is 5.82 Å². The first-order valence-electron chi connectivity index (χ1n) is 8.39. The highest BCUT2D eigenvalue weighted by Gasteiger charge is 2.29. The third-order valence-electron chi connectivity index (χ3n) is 4.48. The Morgan fingerprint density at radius 2 is 1.91 bits per heavy atom. The average molecular weight is 321 g/mol. The Hall–Kier alpha value is -1.46. The molecule has 0 aliphatic heterocycles. The van der Waals surface area contributed by atoms with Crippen LogP contribution in [0.1, 0.15) is 31.2 Å². The maximum Gasteiger partial charge on any atom is 0.226 e. The molecule has 0 bridgehead atoms. The number of carbonyl (C=O) groups is 1. The molecule has 1 aliphatic rings. The lowest BCUT2D eigenvalue weighted by molar-refractivity contribution is -0.137. The van der Waals surface area contributed by atoms with E-state index in [0.717, 1.165) is 37.8 Å². The van der Waals surface area contributed by atoms with Crippen LogP contribution in [0.2, 0.25) is 0 Å². The van der Waals surface area contributed by atoms with Gasteiger partial charge in [-0.3, -0.25) is 4.79 Å². The van der Waals surface area contributed by atoms with Gasteiger partial charge in [0.2, 0.25) is 5.91 Å². The van der Waals surface area contributed by atoms with Crippen molar-refractivity contribution >= 4 is 5.91 Å². The first kappa shape index (κ1) is 17.9. The largest absolute Gasteiger partial charge is 0.337 e. The molecule has 23 heavy (non-hydrogen) atoms. The van der Waals surface area contributed by atoms with E-state index in [1.54, 1.807) is 12.1 Å². The molecule has 2 atom stereocenters. The fourth-order valence-corrected chi connectivity index (χ4v) is 3.11. The van der Waals surface area contributed by atoms with Gasteiger partial charge in [0.05, 0.1) is 0 Å². The van der Waals surface area contributed by atoms with Crippen molar-refractivity contribution in [3.8, 4) is 0 Å². The van der Waals surface area contributed by atoms with Crippen LogP contribution in [0, 0.1) is 11.7 Å². The van der Waals surface area contributed by atoms with E-state index >= 15 is 0 Å². The van der Waals surface area contributed by atoms with Crippen LogP contribution < -0.4 is 5.73 Å². The molecule has 1 aromatic carbocycles. The number of carbonyl (C=O) groups excluding carboxylic acids is 1. The number of nitrogens with zero attached hydrogens (tertiary/aromatic N) is 2. The molecule has 0 unspecified atom stereocenters. The van der Waals surface area contributed by atoms with Crippen molar-refractivity contribution in [2.75, 3.05) is 27.2 Å². The standard InChI is InChI=1S/C18H28FN3O/c1-21(2)10-11-22(13-14-6-8-16(19)9-7-14)18(23)15-4-3-5-17(20)12-15/h6-9,15,17H,3-5,10-13,20H2,1-2H3/t15-,17+/m1/s1. The zero-order valence-corrected chi connectivity index (χ0v) is 14.2. The predicted molar refractivity (Wildman–Crippen MR) is 90.3 cm³/mol. The number of nitrogens with two attached hydrogens (primary N) is 1. The summed E-state index contributed by atoms with van der Waals surface area (Å²) in [5.74, 6) is -0.0362. The predicted octanol–water partition coefficient (Wildman–Crippen LogP) is 2.23. The summed E-state index contributed by atoms with van der Waals surface area (Å²) >= 11 is 0. The summed E-state index contributed by atoms with van der Waals surface area (Å²) in [7, 11) is 3.99. The minimum Gasteiger partial charge on any atom is -0.337 e. The molecule has 1 amide bonds. The maximum absolute atomic E-state index is 13.1. The smallest absolute Gasteiger partial charge is 0.226 e. The van der Waals surface area contributed by atoms with Crippen LogP contribution in [0.25, 0.3) is 0 Å². The molecule has 2 N–H and O–H groups in total. The summed E-state index contributed by atoms with van der Waals surface area (Å²) in [6, 6.07) is 6.52. The van der Waals surface area contributed by atoms with Gasteiger partial charge in [0.25, 0.3) is 0 Å². The normalized spacial score (nSPS) is 21.4. The lowest BCUT2D eigenvalue weighted by Crippen LogP contribution is -2.42. The molecule has 0 spiro atoms. The number of halogens is 1. The summed E-state index contributed by atoms with van der Waals surface area (Å²) in [4.78, 5) is 16.9. The van der Waals surface area contributed by atoms with E-state index in [9.17, 15) is 9.18 Å². The molecule has 2 rings (SSSR count). The third-order valence-corrected chi connectivity index (χ3v) is 4.48. The van der Waals surface area contributed by atoms with Crippen LogP contribution in [-0.2, 0) is 11.3 Å². The van der Waals surface area contributed by atoms with Gasteiger partial charge < -0.3 is 15.5 Å². The highest BCUT2D eigenvalue weighted by Crippen LogP contribution is 2.25. The zero-order valence-electron chi connectivity index (χ0n) is 14.2. The minimum absolute atomic E-state index is 0.0290. The molecule has 1 fully saturated rings. The molecular weight excluding hydrogens is 293 g/mol. The summed E-state index contributed by atoms with van der Waals surface area (Å²) in [5.41, 5.74) is 6.99. The van der Waals surface area contributed by atoms with Gasteiger partial charge in [-0.25, -0.2) is 4.39 Å². The van der Waals surface area contributed by atoms with E-state index in [0.29, 0.717) is 13.1 Å². The molecule has 5 heteroatoms. The van der Waals surface area contributed by atoms with Crippen molar-refractivity contribution in [2.45, 2.75) is 38.3 Å². The average Bonchev–Trinajstić information content (AvgIpc) is 2.52. The Bertz CT molecular complexity index is 503. The van der Waals surface area contributed by atoms with Crippen LogP contribution in [-0.4, -0.2) is 48.9 Å². The Morgan fingerprint density at radius 3 is 2.52 bits per heavy atom. The van der Waals surface area contributed by atoms with Crippen molar-refractivity contribution in [1.29, 1.82) is 0 Å². The molecule has 1 aliphatic carbocycles. The third kappa shape index (κ3) is 5.59. The molecule has 0 radical (unpaired) electrons. The van der Waals surface area contributed by atoms with Crippen LogP contribution >= 0.6 is 0 Å². The molecule has 1 saturated carbocycles. The van der Waals surface area contributed by atoms with E-state index in [1.807, 2.05) is 19.0 Å². The number of benzene rings is 1. The summed E-state index contributed by atoms with van der Waals surface area (Å²) in [6.45, 7) is 2.01. The van der Waals surface area contributed by atoms with Crippen LogP contribution in [0.4, 0.5) is 4.39 Å². The van der Waals surface area contributed by atoms with Crippen LogP contribution in [0.15, 0.2) is 24.3 Å². The van der Waals surface area contributed by atoms with Gasteiger partial charge in [-0.2, -0.15) is 0 Å². The van der Waals surface area contributed by atoms with Gasteiger partial charge in [0.15, 0.2) is 0 Å². The number of hydrogen-bond donors (Lipinski definition) is 1.